The fourth-order valence-electron chi connectivity index (χ4n) is 7.65. The third kappa shape index (κ3) is 51.7. The van der Waals surface area contributed by atoms with Gasteiger partial charge in [-0.25, -0.2) is 0 Å². The zero-order valence-corrected chi connectivity index (χ0v) is 42.7. The van der Waals surface area contributed by atoms with Crippen LogP contribution in [-0.2, 0) is 28.6 Å². The number of carbonyl (C=O) groups excluding carboxylic acids is 3. The summed E-state index contributed by atoms with van der Waals surface area (Å²) in [4.78, 5) is 38.0. The molecule has 0 radical (unpaired) electrons. The molecule has 0 heterocycles. The van der Waals surface area contributed by atoms with Crippen LogP contribution in [0.3, 0.4) is 0 Å². The Bertz CT molecular complexity index is 1230. The van der Waals surface area contributed by atoms with Gasteiger partial charge in [0.15, 0.2) is 6.10 Å². The summed E-state index contributed by atoms with van der Waals surface area (Å²) in [5.74, 6) is -0.975. The maximum atomic E-state index is 12.8. The van der Waals surface area contributed by atoms with Gasteiger partial charge >= 0.3 is 17.9 Å². The molecular formula is C59H102O6. The van der Waals surface area contributed by atoms with Gasteiger partial charge in [-0.15, -0.1) is 0 Å². The van der Waals surface area contributed by atoms with Crippen molar-refractivity contribution in [3.8, 4) is 0 Å². The molecule has 0 amide bonds. The second-order valence-corrected chi connectivity index (χ2v) is 18.1. The Balaban J connectivity index is 4.44. The first-order chi connectivity index (χ1) is 32.0. The van der Waals surface area contributed by atoms with Gasteiger partial charge in [0.25, 0.3) is 0 Å². The summed E-state index contributed by atoms with van der Waals surface area (Å²) in [6.45, 7) is 6.47. The van der Waals surface area contributed by atoms with Crippen LogP contribution in [0.2, 0.25) is 0 Å². The largest absolute Gasteiger partial charge is 0.462 e. The Morgan fingerprint density at radius 1 is 0.323 bits per heavy atom. The molecule has 0 aliphatic carbocycles. The highest BCUT2D eigenvalue weighted by Crippen LogP contribution is 2.16. The van der Waals surface area contributed by atoms with Gasteiger partial charge in [-0.05, 0) is 57.8 Å². The Labute approximate surface area is 402 Å². The van der Waals surface area contributed by atoms with E-state index in [9.17, 15) is 14.4 Å². The predicted octanol–water partition coefficient (Wildman–Crippen LogP) is 18.2. The van der Waals surface area contributed by atoms with E-state index in [-0.39, 0.29) is 37.5 Å². The molecule has 0 spiro atoms. The molecule has 374 valence electrons. The zero-order valence-electron chi connectivity index (χ0n) is 42.7. The predicted molar refractivity (Wildman–Crippen MR) is 279 cm³/mol. The number of unbranched alkanes of at least 4 members (excludes halogenated alkanes) is 26. The van der Waals surface area contributed by atoms with Crippen molar-refractivity contribution in [2.24, 2.45) is 0 Å². The van der Waals surface area contributed by atoms with Crippen LogP contribution in [-0.4, -0.2) is 37.2 Å². The summed E-state index contributed by atoms with van der Waals surface area (Å²) >= 11 is 0. The summed E-state index contributed by atoms with van der Waals surface area (Å²) in [7, 11) is 0. The van der Waals surface area contributed by atoms with Crippen molar-refractivity contribution in [2.45, 2.75) is 271 Å². The Kier molecular flexibility index (Phi) is 50.9. The lowest BCUT2D eigenvalue weighted by atomic mass is 10.0. The number of carbonyl (C=O) groups is 3. The number of rotatable bonds is 49. The van der Waals surface area contributed by atoms with Crippen LogP contribution in [0.25, 0.3) is 0 Å². The third-order valence-electron chi connectivity index (χ3n) is 11.7. The van der Waals surface area contributed by atoms with Crippen molar-refractivity contribution in [2.75, 3.05) is 13.2 Å². The number of allylic oxidation sites excluding steroid dienone is 12. The summed E-state index contributed by atoms with van der Waals surface area (Å²) in [5, 5.41) is 0. The van der Waals surface area contributed by atoms with E-state index >= 15 is 0 Å². The van der Waals surface area contributed by atoms with Crippen LogP contribution in [0.5, 0.6) is 0 Å². The summed E-state index contributed by atoms with van der Waals surface area (Å²) < 4.78 is 16.8. The van der Waals surface area contributed by atoms with Gasteiger partial charge in [-0.1, -0.05) is 261 Å². The molecule has 6 nitrogen and oxygen atoms in total. The first-order valence-electron chi connectivity index (χ1n) is 27.4. The minimum atomic E-state index is -0.801. The normalized spacial score (nSPS) is 12.6. The topological polar surface area (TPSA) is 78.9 Å². The van der Waals surface area contributed by atoms with Crippen molar-refractivity contribution in [3.63, 3.8) is 0 Å². The van der Waals surface area contributed by atoms with Gasteiger partial charge in [0.05, 0.1) is 0 Å². The van der Waals surface area contributed by atoms with Crippen LogP contribution in [0.4, 0.5) is 0 Å². The lowest BCUT2D eigenvalue weighted by Crippen LogP contribution is -2.30. The van der Waals surface area contributed by atoms with Crippen molar-refractivity contribution in [1.29, 1.82) is 0 Å². The van der Waals surface area contributed by atoms with E-state index < -0.39 is 6.10 Å². The molecule has 65 heavy (non-hydrogen) atoms. The molecule has 6 heteroatoms. The van der Waals surface area contributed by atoms with Crippen LogP contribution in [0.1, 0.15) is 265 Å². The van der Waals surface area contributed by atoms with Gasteiger partial charge < -0.3 is 14.2 Å². The average molecular weight is 907 g/mol. The molecule has 0 aliphatic rings. The number of esters is 3. The Morgan fingerprint density at radius 3 is 0.938 bits per heavy atom. The number of hydrogen-bond donors (Lipinski definition) is 0. The molecule has 0 unspecified atom stereocenters. The van der Waals surface area contributed by atoms with E-state index in [2.05, 4.69) is 87.6 Å². The van der Waals surface area contributed by atoms with E-state index in [0.29, 0.717) is 19.3 Å². The lowest BCUT2D eigenvalue weighted by Gasteiger charge is -2.18. The van der Waals surface area contributed by atoms with E-state index in [4.69, 9.17) is 14.2 Å². The smallest absolute Gasteiger partial charge is 0.306 e. The maximum absolute atomic E-state index is 12.8. The standard InChI is InChI=1S/C59H102O6/c1-4-7-10-13-16-19-22-24-26-28-29-31-32-34-37-40-43-46-49-52-58(61)64-55-56(54-63-57(60)51-48-45-42-39-36-21-18-15-12-9-6-3)65-59(62)53-50-47-44-41-38-35-33-30-27-25-23-20-17-14-11-8-5-2/h7,10,16,19,24,26,29,31,34,37,43,46,56H,4-6,8-9,11-15,17-18,20-23,25,27-28,30,32-33,35-36,38-42,44-45,47-55H2,1-3H3/b10-7-,19-16-,26-24-,31-29-,37-34-,46-43-/t56-/m0/s1. The molecule has 1 atom stereocenters. The van der Waals surface area contributed by atoms with Gasteiger partial charge in [0, 0.05) is 19.3 Å². The Morgan fingerprint density at radius 2 is 0.600 bits per heavy atom. The molecule has 0 saturated heterocycles. The fraction of sp³-hybridized carbons (Fsp3) is 0.746. The molecule has 0 aromatic heterocycles. The molecule has 0 rings (SSSR count). The van der Waals surface area contributed by atoms with Crippen molar-refractivity contribution in [1.82, 2.24) is 0 Å². The molecular weight excluding hydrogens is 805 g/mol. The van der Waals surface area contributed by atoms with Gasteiger partial charge in [-0.2, -0.15) is 0 Å². The second-order valence-electron chi connectivity index (χ2n) is 18.1. The Hall–Kier alpha value is -3.15. The fourth-order valence-corrected chi connectivity index (χ4v) is 7.65. The average Bonchev–Trinajstić information content (AvgIpc) is 3.30. The second kappa shape index (κ2) is 53.5. The number of hydrogen-bond acceptors (Lipinski definition) is 6. The zero-order chi connectivity index (χ0) is 47.2. The van der Waals surface area contributed by atoms with E-state index in [0.717, 1.165) is 77.0 Å². The highest BCUT2D eigenvalue weighted by Gasteiger charge is 2.19. The van der Waals surface area contributed by atoms with Crippen LogP contribution in [0, 0.1) is 0 Å². The molecule has 0 bridgehead atoms. The monoisotopic (exact) mass is 907 g/mol. The quantitative estimate of drug-likeness (QED) is 0.0262. The molecule has 0 saturated carbocycles. The van der Waals surface area contributed by atoms with Crippen LogP contribution >= 0.6 is 0 Å². The summed E-state index contributed by atoms with van der Waals surface area (Å²) in [6, 6.07) is 0. The molecule has 0 fully saturated rings. The minimum Gasteiger partial charge on any atom is -0.462 e. The minimum absolute atomic E-state index is 0.0952. The van der Waals surface area contributed by atoms with E-state index in [1.54, 1.807) is 0 Å². The van der Waals surface area contributed by atoms with Gasteiger partial charge in [0.1, 0.15) is 13.2 Å². The summed E-state index contributed by atoms with van der Waals surface area (Å²) in [5.41, 5.74) is 0. The SMILES string of the molecule is CC/C=C\C/C=C\C/C=C\C/C=C\C/C=C\C/C=C\CCC(=O)OC[C@H](COC(=O)CCCCCCCCCCCCC)OC(=O)CCCCCCCCCCCCCCCCCCC. The first-order valence-corrected chi connectivity index (χ1v) is 27.4. The van der Waals surface area contributed by atoms with Gasteiger partial charge in [0.2, 0.25) is 0 Å². The van der Waals surface area contributed by atoms with Crippen molar-refractivity contribution in [3.05, 3.63) is 72.9 Å². The molecule has 0 N–H and O–H groups in total. The summed E-state index contributed by atoms with van der Waals surface area (Å²) in [6.07, 6.45) is 67.6. The van der Waals surface area contributed by atoms with Gasteiger partial charge in [-0.3, -0.25) is 14.4 Å². The number of ether oxygens (including phenoxy) is 3. The van der Waals surface area contributed by atoms with Crippen molar-refractivity contribution >= 4 is 17.9 Å². The maximum Gasteiger partial charge on any atom is 0.306 e. The third-order valence-corrected chi connectivity index (χ3v) is 11.7. The molecule has 0 aromatic carbocycles. The van der Waals surface area contributed by atoms with E-state index in [1.165, 1.54) is 141 Å². The molecule has 0 aromatic rings. The van der Waals surface area contributed by atoms with E-state index in [1.807, 2.05) is 6.08 Å². The van der Waals surface area contributed by atoms with Crippen LogP contribution in [0.15, 0.2) is 72.9 Å². The highest BCUT2D eigenvalue weighted by molar-refractivity contribution is 5.71. The lowest BCUT2D eigenvalue weighted by molar-refractivity contribution is -0.166. The highest BCUT2D eigenvalue weighted by atomic mass is 16.6. The van der Waals surface area contributed by atoms with Crippen molar-refractivity contribution < 1.29 is 28.6 Å². The molecule has 0 aliphatic heterocycles. The van der Waals surface area contributed by atoms with Crippen LogP contribution < -0.4 is 0 Å². The first kappa shape index (κ1) is 61.9.